The van der Waals surface area contributed by atoms with Crippen LogP contribution in [0.4, 0.5) is 0 Å². The average Bonchev–Trinajstić information content (AvgIpc) is 2.02. The molecule has 2 N–H and O–H groups in total. The Morgan fingerprint density at radius 1 is 1.50 bits per heavy atom. The minimum Gasteiger partial charge on any atom is -0.465 e. The van der Waals surface area contributed by atoms with E-state index in [1.807, 2.05) is 0 Å². The summed E-state index contributed by atoms with van der Waals surface area (Å²) in [4.78, 5) is 10.9. The topological polar surface area (TPSA) is 95.7 Å². The summed E-state index contributed by atoms with van der Waals surface area (Å²) in [6.45, 7) is 1.80. The van der Waals surface area contributed by atoms with Gasteiger partial charge < -0.3 is 10.5 Å². The minimum absolute atomic E-state index is 0.112. The molecule has 0 amide bonds. The summed E-state index contributed by atoms with van der Waals surface area (Å²) in [5, 5.41) is 0. The van der Waals surface area contributed by atoms with Crippen LogP contribution in [0.3, 0.4) is 0 Å². The lowest BCUT2D eigenvalue weighted by Gasteiger charge is -2.09. The highest BCUT2D eigenvalue weighted by Crippen LogP contribution is 1.96. The Labute approximate surface area is 83.5 Å². The van der Waals surface area contributed by atoms with Crippen LogP contribution < -0.4 is 5.73 Å². The van der Waals surface area contributed by atoms with Crippen LogP contribution in [0.5, 0.6) is 0 Å². The SMILES string of the molecule is CCOC(=O)[C@@H](N)CCOS(C)(=O)=O. The molecule has 0 spiro atoms. The highest BCUT2D eigenvalue weighted by atomic mass is 32.2. The maximum atomic E-state index is 10.9. The van der Waals surface area contributed by atoms with Gasteiger partial charge in [-0.1, -0.05) is 0 Å². The Bertz CT molecular complexity index is 274. The van der Waals surface area contributed by atoms with Crippen LogP contribution in [0.2, 0.25) is 0 Å². The Kier molecular flexibility index (Phi) is 5.66. The largest absolute Gasteiger partial charge is 0.465 e. The number of hydrogen-bond acceptors (Lipinski definition) is 6. The maximum Gasteiger partial charge on any atom is 0.322 e. The molecule has 0 fully saturated rings. The molecule has 0 radical (unpaired) electrons. The molecular formula is C7H15NO5S. The molecule has 0 aromatic rings. The second-order valence-electron chi connectivity index (χ2n) is 2.67. The molecule has 84 valence electrons. The number of rotatable bonds is 6. The minimum atomic E-state index is -3.47. The van der Waals surface area contributed by atoms with Crippen LogP contribution in [0, 0.1) is 0 Å². The molecule has 6 nitrogen and oxygen atoms in total. The second-order valence-corrected chi connectivity index (χ2v) is 4.32. The molecule has 0 aliphatic rings. The first-order valence-electron chi connectivity index (χ1n) is 4.13. The van der Waals surface area contributed by atoms with Gasteiger partial charge in [-0.15, -0.1) is 0 Å². The van der Waals surface area contributed by atoms with Gasteiger partial charge in [0.15, 0.2) is 0 Å². The molecular weight excluding hydrogens is 210 g/mol. The molecule has 0 saturated heterocycles. The molecule has 1 atom stereocenters. The second kappa shape index (κ2) is 5.94. The quantitative estimate of drug-likeness (QED) is 0.471. The fraction of sp³-hybridized carbons (Fsp3) is 0.857. The van der Waals surface area contributed by atoms with Crippen molar-refractivity contribution in [1.82, 2.24) is 0 Å². The zero-order chi connectivity index (χ0) is 11.2. The van der Waals surface area contributed by atoms with E-state index in [0.717, 1.165) is 6.26 Å². The maximum absolute atomic E-state index is 10.9. The average molecular weight is 225 g/mol. The van der Waals surface area contributed by atoms with Gasteiger partial charge in [0.05, 0.1) is 19.5 Å². The summed E-state index contributed by atoms with van der Waals surface area (Å²) >= 11 is 0. The third kappa shape index (κ3) is 6.81. The Hall–Kier alpha value is -0.660. The van der Waals surface area contributed by atoms with Crippen LogP contribution in [0.1, 0.15) is 13.3 Å². The van der Waals surface area contributed by atoms with E-state index in [1.165, 1.54) is 0 Å². The van der Waals surface area contributed by atoms with Crippen molar-refractivity contribution < 1.29 is 22.1 Å². The first kappa shape index (κ1) is 13.3. The summed E-state index contributed by atoms with van der Waals surface area (Å²) < 4.78 is 30.1. The van der Waals surface area contributed by atoms with Gasteiger partial charge in [0.25, 0.3) is 10.1 Å². The summed E-state index contributed by atoms with van der Waals surface area (Å²) in [6, 6.07) is -0.836. The van der Waals surface area contributed by atoms with Crippen molar-refractivity contribution in [2.75, 3.05) is 19.5 Å². The van der Waals surface area contributed by atoms with Gasteiger partial charge in [-0.3, -0.25) is 8.98 Å². The molecule has 14 heavy (non-hydrogen) atoms. The third-order valence-corrected chi connectivity index (χ3v) is 1.91. The summed E-state index contributed by atoms with van der Waals surface area (Å²) in [7, 11) is -3.47. The first-order chi connectivity index (χ1) is 6.37. The lowest BCUT2D eigenvalue weighted by atomic mass is 10.2. The highest BCUT2D eigenvalue weighted by molar-refractivity contribution is 7.85. The van der Waals surface area contributed by atoms with Gasteiger partial charge in [-0.05, 0) is 13.3 Å². The van der Waals surface area contributed by atoms with Crippen LogP contribution in [0.15, 0.2) is 0 Å². The third-order valence-electron chi connectivity index (χ3n) is 1.32. The lowest BCUT2D eigenvalue weighted by molar-refractivity contribution is -0.145. The van der Waals surface area contributed by atoms with E-state index in [0.29, 0.717) is 0 Å². The van der Waals surface area contributed by atoms with Crippen LogP contribution >= 0.6 is 0 Å². The number of carbonyl (C=O) groups is 1. The number of esters is 1. The van der Waals surface area contributed by atoms with Gasteiger partial charge in [-0.25, -0.2) is 0 Å². The molecule has 0 aliphatic heterocycles. The summed E-state index contributed by atoms with van der Waals surface area (Å²) in [5.41, 5.74) is 5.38. The van der Waals surface area contributed by atoms with Crippen molar-refractivity contribution in [3.05, 3.63) is 0 Å². The predicted octanol–water partition coefficient (Wildman–Crippen LogP) is -0.757. The van der Waals surface area contributed by atoms with E-state index in [1.54, 1.807) is 6.92 Å². The van der Waals surface area contributed by atoms with Gasteiger partial charge >= 0.3 is 5.97 Å². The molecule has 0 heterocycles. The van der Waals surface area contributed by atoms with Crippen molar-refractivity contribution in [3.63, 3.8) is 0 Å². The fourth-order valence-corrected chi connectivity index (χ4v) is 1.09. The van der Waals surface area contributed by atoms with E-state index in [9.17, 15) is 13.2 Å². The number of carbonyl (C=O) groups excluding carboxylic acids is 1. The van der Waals surface area contributed by atoms with E-state index in [2.05, 4.69) is 8.92 Å². The van der Waals surface area contributed by atoms with Crippen LogP contribution in [0.25, 0.3) is 0 Å². The van der Waals surface area contributed by atoms with Crippen molar-refractivity contribution in [3.8, 4) is 0 Å². The number of hydrogen-bond donors (Lipinski definition) is 1. The van der Waals surface area contributed by atoms with E-state index in [-0.39, 0.29) is 19.6 Å². The summed E-state index contributed by atoms with van der Waals surface area (Å²) in [6.07, 6.45) is 1.05. The Morgan fingerprint density at radius 2 is 2.07 bits per heavy atom. The van der Waals surface area contributed by atoms with Crippen LogP contribution in [-0.2, 0) is 23.8 Å². The first-order valence-corrected chi connectivity index (χ1v) is 5.95. The van der Waals surface area contributed by atoms with E-state index in [4.69, 9.17) is 5.73 Å². The van der Waals surface area contributed by atoms with Gasteiger partial charge in [0, 0.05) is 0 Å². The molecule has 0 rings (SSSR count). The Balaban J connectivity index is 3.74. The lowest BCUT2D eigenvalue weighted by Crippen LogP contribution is -2.33. The van der Waals surface area contributed by atoms with E-state index < -0.39 is 22.1 Å². The predicted molar refractivity (Wildman–Crippen MR) is 50.0 cm³/mol. The molecule has 0 aromatic carbocycles. The van der Waals surface area contributed by atoms with Crippen molar-refractivity contribution >= 4 is 16.1 Å². The van der Waals surface area contributed by atoms with Crippen molar-refractivity contribution in [2.45, 2.75) is 19.4 Å². The molecule has 7 heteroatoms. The van der Waals surface area contributed by atoms with Crippen molar-refractivity contribution in [2.24, 2.45) is 5.73 Å². The molecule has 0 bridgehead atoms. The standard InChI is InChI=1S/C7H15NO5S/c1-3-12-7(9)6(8)4-5-13-14(2,10)11/h6H,3-5,8H2,1-2H3/t6-/m0/s1. The molecule has 0 aliphatic carbocycles. The smallest absolute Gasteiger partial charge is 0.322 e. The molecule has 0 aromatic heterocycles. The van der Waals surface area contributed by atoms with Gasteiger partial charge in [0.1, 0.15) is 6.04 Å². The molecule has 0 unspecified atom stereocenters. The summed E-state index contributed by atoms with van der Waals surface area (Å²) in [5.74, 6) is -0.551. The van der Waals surface area contributed by atoms with Crippen molar-refractivity contribution in [1.29, 1.82) is 0 Å². The number of nitrogens with two attached hydrogens (primary N) is 1. The van der Waals surface area contributed by atoms with Crippen LogP contribution in [-0.4, -0.2) is 39.9 Å². The zero-order valence-corrected chi connectivity index (χ0v) is 9.04. The normalized spacial score (nSPS) is 13.6. The van der Waals surface area contributed by atoms with Gasteiger partial charge in [-0.2, -0.15) is 8.42 Å². The highest BCUT2D eigenvalue weighted by Gasteiger charge is 2.15. The monoisotopic (exact) mass is 225 g/mol. The fourth-order valence-electron chi connectivity index (χ4n) is 0.694. The number of ether oxygens (including phenoxy) is 1. The zero-order valence-electron chi connectivity index (χ0n) is 8.23. The Morgan fingerprint density at radius 3 is 2.50 bits per heavy atom. The molecule has 0 saturated carbocycles. The van der Waals surface area contributed by atoms with E-state index >= 15 is 0 Å². The van der Waals surface area contributed by atoms with Gasteiger partial charge in [0.2, 0.25) is 0 Å².